The number of esters is 1. The van der Waals surface area contributed by atoms with Crippen LogP contribution in [0.15, 0.2) is 73.8 Å². The molecule has 0 saturated carbocycles. The van der Waals surface area contributed by atoms with E-state index in [-0.39, 0.29) is 48.7 Å². The van der Waals surface area contributed by atoms with Gasteiger partial charge >= 0.3 is 5.97 Å². The molecule has 228 valence electrons. The maximum absolute atomic E-state index is 15.1. The number of carbonyl (C=O) groups is 3. The summed E-state index contributed by atoms with van der Waals surface area (Å²) in [6, 6.07) is 13.6. The molecule has 43 heavy (non-hydrogen) atoms. The van der Waals surface area contributed by atoms with Gasteiger partial charge in [0.25, 0.3) is 5.91 Å². The van der Waals surface area contributed by atoms with Crippen molar-refractivity contribution >= 4 is 35.2 Å². The number of aliphatic hydroxyl groups is 1. The van der Waals surface area contributed by atoms with E-state index in [1.807, 2.05) is 62.4 Å². The molecule has 1 N–H and O–H groups in total. The minimum atomic E-state index is -0.898. The molecule has 3 heterocycles. The van der Waals surface area contributed by atoms with E-state index >= 15 is 4.79 Å². The largest absolute Gasteiger partial charge is 0.465 e. The van der Waals surface area contributed by atoms with Crippen LogP contribution in [0.2, 0.25) is 0 Å². The molecule has 0 aliphatic carbocycles. The number of aliphatic hydroxyl groups excluding tert-OH is 1. The van der Waals surface area contributed by atoms with E-state index in [2.05, 4.69) is 20.1 Å². The lowest BCUT2D eigenvalue weighted by molar-refractivity contribution is -0.155. The van der Waals surface area contributed by atoms with Gasteiger partial charge in [-0.3, -0.25) is 14.4 Å². The molecule has 7 atom stereocenters. The third kappa shape index (κ3) is 5.12. The molecule has 0 radical (unpaired) electrons. The Morgan fingerprint density at radius 3 is 2.47 bits per heavy atom. The lowest BCUT2D eigenvalue weighted by Crippen LogP contribution is -2.58. The smallest absolute Gasteiger partial charge is 0.310 e. The Hall–Kier alpha value is -3.36. The zero-order chi connectivity index (χ0) is 30.9. The van der Waals surface area contributed by atoms with E-state index in [1.165, 1.54) is 0 Å². The molecule has 3 aliphatic rings. The number of allylic oxidation sites excluding steroid dienone is 1. The number of thioether (sulfide) groups is 1. The molecule has 0 aromatic heterocycles. The summed E-state index contributed by atoms with van der Waals surface area (Å²) in [5.74, 6) is -2.26. The van der Waals surface area contributed by atoms with Crippen LogP contribution in [0.3, 0.4) is 0 Å². The van der Waals surface area contributed by atoms with E-state index in [1.54, 1.807) is 33.7 Å². The highest BCUT2D eigenvalue weighted by Gasteiger charge is 2.77. The van der Waals surface area contributed by atoms with Gasteiger partial charge in [0, 0.05) is 17.5 Å². The Kier molecular flexibility index (Phi) is 9.18. The van der Waals surface area contributed by atoms with Crippen LogP contribution in [-0.2, 0) is 19.1 Å². The number of para-hydroxylation sites is 1. The number of likely N-dealkylation sites (tertiary alicyclic amines) is 1. The fraction of sp³-hybridized carbons (Fsp3) is 0.457. The van der Waals surface area contributed by atoms with Crippen LogP contribution >= 0.6 is 11.8 Å². The molecule has 3 saturated heterocycles. The summed E-state index contributed by atoms with van der Waals surface area (Å²) in [6.07, 6.45) is 5.60. The van der Waals surface area contributed by atoms with Gasteiger partial charge in [0.05, 0.1) is 35.8 Å². The van der Waals surface area contributed by atoms with Gasteiger partial charge in [-0.1, -0.05) is 67.6 Å². The van der Waals surface area contributed by atoms with Crippen LogP contribution in [0.5, 0.6) is 0 Å². The molecular formula is C35H42N2O5S. The molecule has 3 aliphatic heterocycles. The first-order valence-corrected chi connectivity index (χ1v) is 16.0. The quantitative estimate of drug-likeness (QED) is 0.199. The van der Waals surface area contributed by atoms with Crippen molar-refractivity contribution in [2.24, 2.45) is 17.8 Å². The number of anilines is 1. The lowest BCUT2D eigenvalue weighted by Gasteiger charge is -2.42. The molecule has 1 spiro atoms. The number of ether oxygens (including phenoxy) is 1. The summed E-state index contributed by atoms with van der Waals surface area (Å²) >= 11 is 1.61. The van der Waals surface area contributed by atoms with Crippen molar-refractivity contribution in [3.8, 4) is 0 Å². The summed E-state index contributed by atoms with van der Waals surface area (Å²) < 4.78 is 4.88. The van der Waals surface area contributed by atoms with Gasteiger partial charge in [0.2, 0.25) is 5.91 Å². The van der Waals surface area contributed by atoms with Crippen molar-refractivity contribution in [2.45, 2.75) is 62.1 Å². The van der Waals surface area contributed by atoms with Crippen LogP contribution in [0.25, 0.3) is 0 Å². The number of benzene rings is 2. The van der Waals surface area contributed by atoms with Crippen LogP contribution < -0.4 is 4.90 Å². The summed E-state index contributed by atoms with van der Waals surface area (Å²) in [5, 5.41) is 10.7. The maximum Gasteiger partial charge on any atom is 0.310 e. The van der Waals surface area contributed by atoms with Crippen LogP contribution in [0, 0.1) is 31.6 Å². The molecular weight excluding hydrogens is 560 g/mol. The molecule has 3 unspecified atom stereocenters. The Labute approximate surface area is 259 Å². The van der Waals surface area contributed by atoms with E-state index in [9.17, 15) is 14.7 Å². The normalized spacial score (nSPS) is 28.0. The van der Waals surface area contributed by atoms with Gasteiger partial charge in [0.1, 0.15) is 6.04 Å². The summed E-state index contributed by atoms with van der Waals surface area (Å²) in [5.41, 5.74) is 3.42. The third-order valence-electron chi connectivity index (χ3n) is 9.47. The van der Waals surface area contributed by atoms with Crippen LogP contribution in [0.4, 0.5) is 5.69 Å². The third-order valence-corrected chi connectivity index (χ3v) is 11.5. The first-order valence-electron chi connectivity index (χ1n) is 15.1. The molecule has 2 bridgehead atoms. The predicted octanol–water partition coefficient (Wildman–Crippen LogP) is 5.40. The van der Waals surface area contributed by atoms with Gasteiger partial charge in [-0.15, -0.1) is 24.9 Å². The average Bonchev–Trinajstić information content (AvgIpc) is 3.59. The Morgan fingerprint density at radius 2 is 1.84 bits per heavy atom. The highest BCUT2D eigenvalue weighted by Crippen LogP contribution is 2.69. The first-order chi connectivity index (χ1) is 20.7. The number of hydrogen-bond donors (Lipinski definition) is 1. The Balaban J connectivity index is 1.64. The Morgan fingerprint density at radius 1 is 1.14 bits per heavy atom. The maximum atomic E-state index is 15.1. The highest BCUT2D eigenvalue weighted by atomic mass is 32.2. The number of fused-ring (bicyclic) bond motifs is 1. The Bertz CT molecular complexity index is 1380. The zero-order valence-electron chi connectivity index (χ0n) is 25.3. The lowest BCUT2D eigenvalue weighted by atomic mass is 9.66. The number of rotatable bonds is 12. The molecule has 2 aromatic carbocycles. The number of amides is 2. The van der Waals surface area contributed by atoms with Gasteiger partial charge in [-0.2, -0.15) is 0 Å². The predicted molar refractivity (Wildman–Crippen MR) is 171 cm³/mol. The number of nitrogens with zero attached hydrogens (tertiary/aromatic N) is 2. The minimum absolute atomic E-state index is 0.0149. The molecule has 8 heteroatoms. The van der Waals surface area contributed by atoms with E-state index < -0.39 is 28.7 Å². The number of unbranched alkanes of at least 4 members (excludes halogenated alkanes) is 1. The topological polar surface area (TPSA) is 87.1 Å². The van der Waals surface area contributed by atoms with Crippen molar-refractivity contribution in [3.63, 3.8) is 0 Å². The molecule has 2 aromatic rings. The summed E-state index contributed by atoms with van der Waals surface area (Å²) in [7, 11) is 0. The minimum Gasteiger partial charge on any atom is -0.465 e. The van der Waals surface area contributed by atoms with Gasteiger partial charge < -0.3 is 19.6 Å². The molecule has 5 rings (SSSR count). The van der Waals surface area contributed by atoms with Crippen molar-refractivity contribution in [1.29, 1.82) is 0 Å². The van der Waals surface area contributed by atoms with Gasteiger partial charge in [0.15, 0.2) is 0 Å². The van der Waals surface area contributed by atoms with Crippen molar-refractivity contribution in [2.75, 3.05) is 24.7 Å². The number of hydrogen-bond acceptors (Lipinski definition) is 6. The van der Waals surface area contributed by atoms with E-state index in [4.69, 9.17) is 4.74 Å². The van der Waals surface area contributed by atoms with Crippen molar-refractivity contribution in [1.82, 2.24) is 4.90 Å². The van der Waals surface area contributed by atoms with E-state index in [0.29, 0.717) is 12.8 Å². The van der Waals surface area contributed by atoms with Crippen LogP contribution in [-0.4, -0.2) is 63.6 Å². The van der Waals surface area contributed by atoms with Crippen LogP contribution in [0.1, 0.15) is 48.9 Å². The van der Waals surface area contributed by atoms with Gasteiger partial charge in [-0.05, 0) is 55.7 Å². The number of carbonyl (C=O) groups excluding carboxylic acids is 3. The summed E-state index contributed by atoms with van der Waals surface area (Å²) in [4.78, 5) is 46.8. The fourth-order valence-corrected chi connectivity index (χ4v) is 10.1. The van der Waals surface area contributed by atoms with Gasteiger partial charge in [-0.25, -0.2) is 0 Å². The zero-order valence-corrected chi connectivity index (χ0v) is 26.1. The highest BCUT2D eigenvalue weighted by molar-refractivity contribution is 8.02. The second-order valence-corrected chi connectivity index (χ2v) is 13.5. The average molecular weight is 603 g/mol. The first kappa shape index (κ1) is 31.1. The fourth-order valence-electron chi connectivity index (χ4n) is 7.67. The SMILES string of the molecule is C=CCCCOC(=O)[C@@H]1[C@H]2C(=O)N([C@H](CO)c3ccccc3)C(C(=O)N(CC=C)c3c(C)cccc3C)C23S[C@@H]1CC3C. The second kappa shape index (κ2) is 12.7. The van der Waals surface area contributed by atoms with Crippen molar-refractivity contribution < 1.29 is 24.2 Å². The van der Waals surface area contributed by atoms with Crippen molar-refractivity contribution in [3.05, 3.63) is 90.5 Å². The second-order valence-electron chi connectivity index (χ2n) is 12.0. The monoisotopic (exact) mass is 602 g/mol. The summed E-state index contributed by atoms with van der Waals surface area (Å²) in [6.45, 7) is 13.9. The molecule has 3 fully saturated rings. The van der Waals surface area contributed by atoms with E-state index in [0.717, 1.165) is 28.8 Å². The number of aryl methyl sites for hydroxylation is 2. The molecule has 2 amide bonds. The molecule has 7 nitrogen and oxygen atoms in total. The standard InChI is InChI=1S/C35H42N2O5S/c1-6-8-12-19-42-34(41)28-27-20-24(5)35(43-27)29(28)32(39)37(26(21-38)25-16-10-9-11-17-25)31(35)33(40)36(18-7-2)30-22(3)14-13-15-23(30)4/h6-7,9-11,13-17,24,26-29,31,38H,1-2,8,12,18-21H2,3-5H3/t24?,26-,27-,28+,29+,31?,35?/m1/s1.